The second kappa shape index (κ2) is 4.13. The summed E-state index contributed by atoms with van der Waals surface area (Å²) in [4.78, 5) is 9.31. The van der Waals surface area contributed by atoms with E-state index in [4.69, 9.17) is 0 Å². The summed E-state index contributed by atoms with van der Waals surface area (Å²) in [7, 11) is 0. The Labute approximate surface area is 82.2 Å². The van der Waals surface area contributed by atoms with Gasteiger partial charge in [0.05, 0.1) is 9.40 Å². The van der Waals surface area contributed by atoms with Crippen LogP contribution >= 0.6 is 15.9 Å². The Morgan fingerprint density at radius 1 is 1.54 bits per heavy atom. The molecule has 1 rings (SSSR count). The molecule has 0 amide bonds. The van der Waals surface area contributed by atoms with Gasteiger partial charge in [0.15, 0.2) is 0 Å². The molecule has 0 unspecified atom stereocenters. The Bertz CT molecular complexity index is 365. The maximum atomic E-state index is 13.1. The van der Waals surface area contributed by atoms with Crippen molar-refractivity contribution in [3.8, 4) is 0 Å². The molecule has 0 saturated carbocycles. The standard InChI is InChI=1S/C8H5BrFNO2/c9-7-3-1-2-6(8(7)10)4-5-11(12)13/h1-5H. The SMILES string of the molecule is O=[N+]([O-])C=Cc1cccc(Br)c1F. The maximum absolute atomic E-state index is 13.1. The Morgan fingerprint density at radius 2 is 2.23 bits per heavy atom. The minimum atomic E-state index is -0.639. The topological polar surface area (TPSA) is 43.1 Å². The van der Waals surface area contributed by atoms with Gasteiger partial charge < -0.3 is 0 Å². The zero-order valence-electron chi connectivity index (χ0n) is 6.41. The number of halogens is 2. The lowest BCUT2D eigenvalue weighted by Gasteiger charge is -1.96. The highest BCUT2D eigenvalue weighted by Gasteiger charge is 2.03. The van der Waals surface area contributed by atoms with Crippen LogP contribution in [0.2, 0.25) is 0 Å². The molecular weight excluding hydrogens is 241 g/mol. The van der Waals surface area contributed by atoms with Gasteiger partial charge in [-0.25, -0.2) is 4.39 Å². The molecule has 1 aromatic carbocycles. The third-order valence-electron chi connectivity index (χ3n) is 1.36. The van der Waals surface area contributed by atoms with Crippen molar-refractivity contribution >= 4 is 22.0 Å². The summed E-state index contributed by atoms with van der Waals surface area (Å²) in [5, 5.41) is 9.95. The predicted molar refractivity (Wildman–Crippen MR) is 50.1 cm³/mol. The molecule has 0 aliphatic carbocycles. The fraction of sp³-hybridized carbons (Fsp3) is 0. The number of nitrogens with zero attached hydrogens (tertiary/aromatic N) is 1. The Morgan fingerprint density at radius 3 is 2.85 bits per heavy atom. The summed E-state index contributed by atoms with van der Waals surface area (Å²) < 4.78 is 13.4. The summed E-state index contributed by atoms with van der Waals surface area (Å²) in [5.74, 6) is -0.499. The van der Waals surface area contributed by atoms with Crippen molar-refractivity contribution in [1.82, 2.24) is 0 Å². The number of hydrogen-bond donors (Lipinski definition) is 0. The zero-order chi connectivity index (χ0) is 9.84. The summed E-state index contributed by atoms with van der Waals surface area (Å²) in [6.45, 7) is 0. The molecule has 13 heavy (non-hydrogen) atoms. The molecule has 0 heterocycles. The number of nitro groups is 1. The third-order valence-corrected chi connectivity index (χ3v) is 1.97. The minimum absolute atomic E-state index is 0.186. The quantitative estimate of drug-likeness (QED) is 0.594. The Kier molecular flexibility index (Phi) is 3.13. The van der Waals surface area contributed by atoms with E-state index in [1.807, 2.05) is 0 Å². The average Bonchev–Trinajstić information content (AvgIpc) is 2.07. The van der Waals surface area contributed by atoms with E-state index in [0.29, 0.717) is 6.20 Å². The largest absolute Gasteiger partial charge is 0.259 e. The first-order valence-electron chi connectivity index (χ1n) is 3.37. The van der Waals surface area contributed by atoms with Crippen LogP contribution in [0.1, 0.15) is 5.56 Å². The first kappa shape index (κ1) is 9.85. The van der Waals surface area contributed by atoms with Crippen molar-refractivity contribution in [3.05, 3.63) is 50.4 Å². The van der Waals surface area contributed by atoms with E-state index in [1.54, 1.807) is 6.07 Å². The van der Waals surface area contributed by atoms with Gasteiger partial charge >= 0.3 is 0 Å². The molecule has 0 aliphatic heterocycles. The van der Waals surface area contributed by atoms with Gasteiger partial charge in [0.2, 0.25) is 6.20 Å². The normalized spacial score (nSPS) is 10.6. The van der Waals surface area contributed by atoms with Gasteiger partial charge in [0.1, 0.15) is 5.82 Å². The summed E-state index contributed by atoms with van der Waals surface area (Å²) in [6.07, 6.45) is 1.81. The first-order valence-corrected chi connectivity index (χ1v) is 4.16. The molecule has 0 atom stereocenters. The lowest BCUT2D eigenvalue weighted by Crippen LogP contribution is -1.86. The zero-order valence-corrected chi connectivity index (χ0v) is 7.99. The Balaban J connectivity index is 3.02. The van der Waals surface area contributed by atoms with Crippen LogP contribution in [0.25, 0.3) is 6.08 Å². The third kappa shape index (κ3) is 2.62. The van der Waals surface area contributed by atoms with E-state index in [2.05, 4.69) is 15.9 Å². The van der Waals surface area contributed by atoms with Crippen molar-refractivity contribution in [1.29, 1.82) is 0 Å². The molecule has 1 aromatic rings. The average molecular weight is 246 g/mol. The van der Waals surface area contributed by atoms with Crippen LogP contribution in [0.15, 0.2) is 28.9 Å². The van der Waals surface area contributed by atoms with Crippen LogP contribution in [-0.2, 0) is 0 Å². The monoisotopic (exact) mass is 245 g/mol. The van der Waals surface area contributed by atoms with Gasteiger partial charge in [-0.2, -0.15) is 0 Å². The van der Waals surface area contributed by atoms with E-state index in [9.17, 15) is 14.5 Å². The van der Waals surface area contributed by atoms with Crippen LogP contribution in [-0.4, -0.2) is 4.92 Å². The molecule has 0 saturated heterocycles. The second-order valence-corrected chi connectivity index (χ2v) is 3.10. The van der Waals surface area contributed by atoms with Crippen LogP contribution in [0.4, 0.5) is 4.39 Å². The van der Waals surface area contributed by atoms with E-state index >= 15 is 0 Å². The summed E-state index contributed by atoms with van der Waals surface area (Å²) >= 11 is 2.97. The van der Waals surface area contributed by atoms with Gasteiger partial charge in [-0.05, 0) is 22.0 Å². The molecule has 0 aliphatic rings. The highest BCUT2D eigenvalue weighted by atomic mass is 79.9. The van der Waals surface area contributed by atoms with Crippen molar-refractivity contribution < 1.29 is 9.31 Å². The summed E-state index contributed by atoms with van der Waals surface area (Å²) in [5.41, 5.74) is 0.186. The first-order chi connectivity index (χ1) is 6.11. The molecule has 0 bridgehead atoms. The second-order valence-electron chi connectivity index (χ2n) is 2.24. The minimum Gasteiger partial charge on any atom is -0.259 e. The van der Waals surface area contributed by atoms with Crippen molar-refractivity contribution in [2.24, 2.45) is 0 Å². The van der Waals surface area contributed by atoms with Crippen molar-refractivity contribution in [3.63, 3.8) is 0 Å². The van der Waals surface area contributed by atoms with Crippen LogP contribution < -0.4 is 0 Å². The van der Waals surface area contributed by atoms with Crippen molar-refractivity contribution in [2.75, 3.05) is 0 Å². The number of rotatable bonds is 2. The fourth-order valence-corrected chi connectivity index (χ4v) is 1.17. The van der Waals surface area contributed by atoms with Gasteiger partial charge in [-0.3, -0.25) is 10.1 Å². The molecule has 0 aromatic heterocycles. The van der Waals surface area contributed by atoms with Gasteiger partial charge in [0.25, 0.3) is 0 Å². The van der Waals surface area contributed by atoms with Gasteiger partial charge in [-0.1, -0.05) is 12.1 Å². The summed E-state index contributed by atoms with van der Waals surface area (Å²) in [6, 6.07) is 4.59. The van der Waals surface area contributed by atoms with Gasteiger partial charge in [-0.15, -0.1) is 0 Å². The van der Waals surface area contributed by atoms with E-state index < -0.39 is 10.7 Å². The van der Waals surface area contributed by atoms with Crippen LogP contribution in [0.3, 0.4) is 0 Å². The number of benzene rings is 1. The number of hydrogen-bond acceptors (Lipinski definition) is 2. The molecule has 3 nitrogen and oxygen atoms in total. The highest BCUT2D eigenvalue weighted by Crippen LogP contribution is 2.19. The predicted octanol–water partition coefficient (Wildman–Crippen LogP) is 2.84. The van der Waals surface area contributed by atoms with E-state index in [-0.39, 0.29) is 10.0 Å². The van der Waals surface area contributed by atoms with Crippen molar-refractivity contribution in [2.45, 2.75) is 0 Å². The fourth-order valence-electron chi connectivity index (χ4n) is 0.790. The van der Waals surface area contributed by atoms with E-state index in [0.717, 1.165) is 6.08 Å². The molecular formula is C8H5BrFNO2. The smallest absolute Gasteiger partial charge is 0.235 e. The van der Waals surface area contributed by atoms with Crippen LogP contribution in [0, 0.1) is 15.9 Å². The van der Waals surface area contributed by atoms with E-state index in [1.165, 1.54) is 12.1 Å². The molecule has 68 valence electrons. The molecule has 0 fully saturated rings. The molecule has 0 radical (unpaired) electrons. The highest BCUT2D eigenvalue weighted by molar-refractivity contribution is 9.10. The lowest BCUT2D eigenvalue weighted by molar-refractivity contribution is -0.400. The molecule has 0 spiro atoms. The van der Waals surface area contributed by atoms with Crippen LogP contribution in [0.5, 0.6) is 0 Å². The molecule has 5 heteroatoms. The molecule has 0 N–H and O–H groups in total. The lowest BCUT2D eigenvalue weighted by atomic mass is 10.2. The van der Waals surface area contributed by atoms with Gasteiger partial charge in [0, 0.05) is 11.6 Å². The Hall–Kier alpha value is -1.23. The maximum Gasteiger partial charge on any atom is 0.235 e.